The van der Waals surface area contributed by atoms with Crippen molar-refractivity contribution in [1.82, 2.24) is 5.32 Å². The molecule has 0 aliphatic heterocycles. The monoisotopic (exact) mass is 354 g/mol. The maximum absolute atomic E-state index is 13.1. The van der Waals surface area contributed by atoms with Crippen LogP contribution in [0.15, 0.2) is 48.5 Å². The highest BCUT2D eigenvalue weighted by molar-refractivity contribution is 5.94. The number of rotatable bonds is 5. The number of nitrogens with one attached hydrogen (secondary N) is 2. The lowest BCUT2D eigenvalue weighted by Gasteiger charge is -2.10. The van der Waals surface area contributed by atoms with Crippen molar-refractivity contribution in [3.8, 4) is 0 Å². The molecule has 0 aromatic heterocycles. The van der Waals surface area contributed by atoms with Crippen LogP contribution in [-0.4, -0.2) is 18.0 Å². The second-order valence-electron chi connectivity index (χ2n) is 5.24. The minimum atomic E-state index is -4.98. The van der Waals surface area contributed by atoms with Crippen molar-refractivity contribution in [2.45, 2.75) is 19.1 Å². The Labute approximate surface area is 140 Å². The van der Waals surface area contributed by atoms with E-state index in [0.29, 0.717) is 11.1 Å². The molecule has 132 valence electrons. The minimum Gasteiger partial charge on any atom is -0.352 e. The molecule has 0 aliphatic carbocycles. The van der Waals surface area contributed by atoms with Gasteiger partial charge < -0.3 is 10.6 Å². The molecule has 8 heteroatoms. The molecule has 0 saturated carbocycles. The molecule has 2 aromatic carbocycles. The lowest BCUT2D eigenvalue weighted by molar-refractivity contribution is -0.167. The highest BCUT2D eigenvalue weighted by Crippen LogP contribution is 2.19. The number of hydrogen-bond acceptors (Lipinski definition) is 2. The van der Waals surface area contributed by atoms with Gasteiger partial charge >= 0.3 is 12.1 Å². The Kier molecular flexibility index (Phi) is 5.74. The molecule has 0 spiro atoms. The summed E-state index contributed by atoms with van der Waals surface area (Å²) in [6.07, 6.45) is -5.00. The molecule has 0 fully saturated rings. The zero-order valence-corrected chi connectivity index (χ0v) is 12.9. The first-order chi connectivity index (χ1) is 11.7. The summed E-state index contributed by atoms with van der Waals surface area (Å²) in [6.45, 7) is 0.0594. The molecule has 2 amide bonds. The summed E-state index contributed by atoms with van der Waals surface area (Å²) in [5, 5.41) is 4.32. The molecule has 4 nitrogen and oxygen atoms in total. The van der Waals surface area contributed by atoms with Crippen molar-refractivity contribution in [1.29, 1.82) is 0 Å². The van der Waals surface area contributed by atoms with Crippen LogP contribution in [0.25, 0.3) is 0 Å². The van der Waals surface area contributed by atoms with Gasteiger partial charge in [0.2, 0.25) is 5.91 Å². The first-order valence-electron chi connectivity index (χ1n) is 7.22. The zero-order valence-electron chi connectivity index (χ0n) is 12.9. The Balaban J connectivity index is 1.91. The van der Waals surface area contributed by atoms with E-state index >= 15 is 0 Å². The van der Waals surface area contributed by atoms with Crippen molar-refractivity contribution < 1.29 is 27.2 Å². The van der Waals surface area contributed by atoms with Gasteiger partial charge in [-0.1, -0.05) is 24.3 Å². The van der Waals surface area contributed by atoms with Crippen LogP contribution in [0, 0.1) is 5.82 Å². The van der Waals surface area contributed by atoms with Crippen LogP contribution in [0.1, 0.15) is 11.1 Å². The standard InChI is InChI=1S/C17H14F4N2O2/c18-13-5-1-3-11(7-13)9-15(24)22-10-12-4-2-6-14(8-12)23-16(25)17(19,20)21/h1-8H,9-10H2,(H,22,24)(H,23,25). The molecule has 0 radical (unpaired) electrons. The van der Waals surface area contributed by atoms with E-state index in [-0.39, 0.29) is 24.6 Å². The molecule has 0 bridgehead atoms. The highest BCUT2D eigenvalue weighted by atomic mass is 19.4. The second kappa shape index (κ2) is 7.78. The summed E-state index contributed by atoms with van der Waals surface area (Å²) in [5.74, 6) is -2.88. The third-order valence-corrected chi connectivity index (χ3v) is 3.19. The molecule has 2 N–H and O–H groups in total. The van der Waals surface area contributed by atoms with E-state index in [0.717, 1.165) is 0 Å². The van der Waals surface area contributed by atoms with Gasteiger partial charge in [-0.15, -0.1) is 0 Å². The maximum atomic E-state index is 13.1. The molecule has 2 aromatic rings. The minimum absolute atomic E-state index is 0.0255. The fourth-order valence-corrected chi connectivity index (χ4v) is 2.06. The summed E-state index contributed by atoms with van der Waals surface area (Å²) < 4.78 is 49.7. The topological polar surface area (TPSA) is 58.2 Å². The summed E-state index contributed by atoms with van der Waals surface area (Å²) in [5.41, 5.74) is 0.982. The average Bonchev–Trinajstić information content (AvgIpc) is 2.52. The van der Waals surface area contributed by atoms with Crippen LogP contribution in [0.5, 0.6) is 0 Å². The van der Waals surface area contributed by atoms with Gasteiger partial charge in [0.25, 0.3) is 0 Å². The van der Waals surface area contributed by atoms with E-state index in [1.165, 1.54) is 36.4 Å². The first-order valence-corrected chi connectivity index (χ1v) is 7.22. The van der Waals surface area contributed by atoms with Gasteiger partial charge in [0, 0.05) is 12.2 Å². The fraction of sp³-hybridized carbons (Fsp3) is 0.176. The molecule has 0 aliphatic rings. The molecular formula is C17H14F4N2O2. The largest absolute Gasteiger partial charge is 0.471 e. The van der Waals surface area contributed by atoms with Gasteiger partial charge in [0.05, 0.1) is 6.42 Å². The van der Waals surface area contributed by atoms with Crippen LogP contribution in [-0.2, 0) is 22.6 Å². The predicted molar refractivity (Wildman–Crippen MR) is 83.1 cm³/mol. The Morgan fingerprint density at radius 3 is 2.32 bits per heavy atom. The first kappa shape index (κ1) is 18.4. The Bertz CT molecular complexity index is 775. The van der Waals surface area contributed by atoms with Gasteiger partial charge in [0.15, 0.2) is 0 Å². The zero-order chi connectivity index (χ0) is 18.4. The van der Waals surface area contributed by atoms with Crippen molar-refractivity contribution in [2.24, 2.45) is 0 Å². The van der Waals surface area contributed by atoms with E-state index in [1.54, 1.807) is 17.4 Å². The molecule has 0 unspecified atom stereocenters. The second-order valence-corrected chi connectivity index (χ2v) is 5.24. The van der Waals surface area contributed by atoms with Crippen LogP contribution < -0.4 is 10.6 Å². The Morgan fingerprint density at radius 2 is 1.64 bits per heavy atom. The highest BCUT2D eigenvalue weighted by Gasteiger charge is 2.38. The van der Waals surface area contributed by atoms with Crippen molar-refractivity contribution in [2.75, 3.05) is 5.32 Å². The Hall–Kier alpha value is -2.90. The lowest BCUT2D eigenvalue weighted by Crippen LogP contribution is -2.30. The fourth-order valence-electron chi connectivity index (χ4n) is 2.06. The van der Waals surface area contributed by atoms with E-state index in [1.807, 2.05) is 0 Å². The molecule has 0 heterocycles. The van der Waals surface area contributed by atoms with Crippen LogP contribution in [0.4, 0.5) is 23.2 Å². The maximum Gasteiger partial charge on any atom is 0.471 e. The van der Waals surface area contributed by atoms with Gasteiger partial charge in [-0.3, -0.25) is 9.59 Å². The third kappa shape index (κ3) is 5.91. The van der Waals surface area contributed by atoms with Crippen LogP contribution in [0.2, 0.25) is 0 Å². The van der Waals surface area contributed by atoms with Crippen molar-refractivity contribution >= 4 is 17.5 Å². The summed E-state index contributed by atoms with van der Waals surface area (Å²) >= 11 is 0. The number of alkyl halides is 3. The van der Waals surface area contributed by atoms with Crippen molar-refractivity contribution in [3.63, 3.8) is 0 Å². The number of amides is 2. The smallest absolute Gasteiger partial charge is 0.352 e. The average molecular weight is 354 g/mol. The molecule has 0 atom stereocenters. The van der Waals surface area contributed by atoms with Crippen LogP contribution in [0.3, 0.4) is 0 Å². The molecule has 0 saturated heterocycles. The molecular weight excluding hydrogens is 340 g/mol. The van der Waals surface area contributed by atoms with Gasteiger partial charge in [0.1, 0.15) is 5.82 Å². The number of benzene rings is 2. The quantitative estimate of drug-likeness (QED) is 0.811. The van der Waals surface area contributed by atoms with Crippen LogP contribution >= 0.6 is 0 Å². The van der Waals surface area contributed by atoms with Gasteiger partial charge in [-0.05, 0) is 35.4 Å². The number of carbonyl (C=O) groups excluding carboxylic acids is 2. The molecule has 25 heavy (non-hydrogen) atoms. The lowest BCUT2D eigenvalue weighted by atomic mass is 10.1. The van der Waals surface area contributed by atoms with Gasteiger partial charge in [-0.2, -0.15) is 13.2 Å². The van der Waals surface area contributed by atoms with E-state index < -0.39 is 17.9 Å². The summed E-state index contributed by atoms with van der Waals surface area (Å²) in [7, 11) is 0. The SMILES string of the molecule is O=C(Cc1cccc(F)c1)NCc1cccc(NC(=O)C(F)(F)F)c1. The summed E-state index contributed by atoms with van der Waals surface area (Å²) in [4.78, 5) is 22.7. The molecule has 2 rings (SSSR count). The van der Waals surface area contributed by atoms with Gasteiger partial charge in [-0.25, -0.2) is 4.39 Å². The van der Waals surface area contributed by atoms with E-state index in [9.17, 15) is 27.2 Å². The number of carbonyl (C=O) groups is 2. The van der Waals surface area contributed by atoms with Crippen molar-refractivity contribution in [3.05, 3.63) is 65.5 Å². The summed E-state index contributed by atoms with van der Waals surface area (Å²) in [6, 6.07) is 11.3. The van der Waals surface area contributed by atoms with E-state index in [2.05, 4.69) is 5.32 Å². The normalized spacial score (nSPS) is 11.0. The third-order valence-electron chi connectivity index (χ3n) is 3.19. The predicted octanol–water partition coefficient (Wildman–Crippen LogP) is 3.19. The number of anilines is 1. The number of hydrogen-bond donors (Lipinski definition) is 2. The van der Waals surface area contributed by atoms with E-state index in [4.69, 9.17) is 0 Å². The Morgan fingerprint density at radius 1 is 0.960 bits per heavy atom. The number of halogens is 4.